The third-order valence-electron chi connectivity index (χ3n) is 5.10. The highest BCUT2D eigenvalue weighted by atomic mass is 19.1. The summed E-state index contributed by atoms with van der Waals surface area (Å²) in [5.74, 6) is -0.835. The van der Waals surface area contributed by atoms with E-state index >= 15 is 0 Å². The molecule has 0 saturated carbocycles. The van der Waals surface area contributed by atoms with Gasteiger partial charge in [-0.15, -0.1) is 0 Å². The van der Waals surface area contributed by atoms with E-state index in [0.717, 1.165) is 5.69 Å². The molecule has 0 saturated heterocycles. The van der Waals surface area contributed by atoms with Gasteiger partial charge in [0, 0.05) is 44.2 Å². The predicted octanol–water partition coefficient (Wildman–Crippen LogP) is 3.08. The molecular weight excluding hydrogens is 373 g/mol. The summed E-state index contributed by atoms with van der Waals surface area (Å²) in [6.07, 6.45) is 2.63. The largest absolute Gasteiger partial charge is 0.383 e. The van der Waals surface area contributed by atoms with E-state index < -0.39 is 5.82 Å². The molecule has 6 nitrogen and oxygen atoms in total. The standard InChI is InChI=1S/C22H30FN3O3/c1-5-17(2)26(22(28)18-8-10-19(23)11-9-18)16-21(27)25(13-14-29-4)15-20-7-6-12-24(20)3/h6-12,17H,5,13-16H2,1-4H3. The van der Waals surface area contributed by atoms with Gasteiger partial charge in [-0.1, -0.05) is 6.92 Å². The fourth-order valence-corrected chi connectivity index (χ4v) is 3.00. The van der Waals surface area contributed by atoms with Gasteiger partial charge in [0.15, 0.2) is 0 Å². The van der Waals surface area contributed by atoms with Crippen molar-refractivity contribution < 1.29 is 18.7 Å². The van der Waals surface area contributed by atoms with Crippen molar-refractivity contribution in [1.82, 2.24) is 14.4 Å². The molecule has 1 heterocycles. The molecule has 2 aromatic rings. The molecule has 1 aromatic carbocycles. The van der Waals surface area contributed by atoms with Crippen molar-refractivity contribution in [2.45, 2.75) is 32.9 Å². The van der Waals surface area contributed by atoms with E-state index in [1.807, 2.05) is 43.8 Å². The SMILES string of the molecule is CCC(C)N(CC(=O)N(CCOC)Cc1cccn1C)C(=O)c1ccc(F)cc1. The number of rotatable bonds is 10. The second-order valence-electron chi connectivity index (χ2n) is 7.12. The number of methoxy groups -OCH3 is 1. The molecule has 1 unspecified atom stereocenters. The van der Waals surface area contributed by atoms with Gasteiger partial charge in [0.1, 0.15) is 12.4 Å². The highest BCUT2D eigenvalue weighted by Gasteiger charge is 2.26. The van der Waals surface area contributed by atoms with Crippen LogP contribution in [-0.2, 0) is 23.1 Å². The topological polar surface area (TPSA) is 54.8 Å². The van der Waals surface area contributed by atoms with Gasteiger partial charge >= 0.3 is 0 Å². The molecule has 0 bridgehead atoms. The number of aromatic nitrogens is 1. The van der Waals surface area contributed by atoms with Crippen molar-refractivity contribution in [2.24, 2.45) is 7.05 Å². The van der Waals surface area contributed by atoms with Crippen LogP contribution in [0.2, 0.25) is 0 Å². The molecule has 0 aliphatic carbocycles. The van der Waals surface area contributed by atoms with Crippen molar-refractivity contribution >= 4 is 11.8 Å². The summed E-state index contributed by atoms with van der Waals surface area (Å²) < 4.78 is 20.3. The Bertz CT molecular complexity index is 804. The third-order valence-corrected chi connectivity index (χ3v) is 5.10. The fourth-order valence-electron chi connectivity index (χ4n) is 3.00. The molecule has 1 aromatic heterocycles. The zero-order chi connectivity index (χ0) is 21.4. The van der Waals surface area contributed by atoms with Gasteiger partial charge in [0.2, 0.25) is 5.91 Å². The van der Waals surface area contributed by atoms with Crippen LogP contribution in [0.3, 0.4) is 0 Å². The lowest BCUT2D eigenvalue weighted by atomic mass is 10.1. The number of nitrogens with zero attached hydrogens (tertiary/aromatic N) is 3. The summed E-state index contributed by atoms with van der Waals surface area (Å²) in [6.45, 7) is 5.10. The number of hydrogen-bond acceptors (Lipinski definition) is 3. The zero-order valence-corrected chi connectivity index (χ0v) is 17.6. The smallest absolute Gasteiger partial charge is 0.254 e. The van der Waals surface area contributed by atoms with Crippen LogP contribution < -0.4 is 0 Å². The zero-order valence-electron chi connectivity index (χ0n) is 17.6. The molecular formula is C22H30FN3O3. The van der Waals surface area contributed by atoms with E-state index in [4.69, 9.17) is 4.74 Å². The summed E-state index contributed by atoms with van der Waals surface area (Å²) in [7, 11) is 3.52. The molecule has 0 aliphatic rings. The van der Waals surface area contributed by atoms with Crippen LogP contribution in [0.15, 0.2) is 42.6 Å². The van der Waals surface area contributed by atoms with Crippen LogP contribution in [0.1, 0.15) is 36.3 Å². The van der Waals surface area contributed by atoms with Crippen molar-refractivity contribution in [1.29, 1.82) is 0 Å². The minimum atomic E-state index is -0.402. The van der Waals surface area contributed by atoms with Crippen molar-refractivity contribution in [3.63, 3.8) is 0 Å². The molecule has 2 amide bonds. The Kier molecular flexibility index (Phi) is 8.39. The highest BCUT2D eigenvalue weighted by molar-refractivity contribution is 5.96. The van der Waals surface area contributed by atoms with Gasteiger partial charge in [-0.25, -0.2) is 4.39 Å². The van der Waals surface area contributed by atoms with Crippen LogP contribution in [0.25, 0.3) is 0 Å². The number of carbonyl (C=O) groups excluding carboxylic acids is 2. The average molecular weight is 403 g/mol. The summed E-state index contributed by atoms with van der Waals surface area (Å²) in [6, 6.07) is 9.17. The third kappa shape index (κ3) is 6.15. The predicted molar refractivity (Wildman–Crippen MR) is 110 cm³/mol. The summed E-state index contributed by atoms with van der Waals surface area (Å²) >= 11 is 0. The first kappa shape index (κ1) is 22.6. The van der Waals surface area contributed by atoms with Crippen LogP contribution in [0.4, 0.5) is 4.39 Å². The van der Waals surface area contributed by atoms with Crippen LogP contribution >= 0.6 is 0 Å². The van der Waals surface area contributed by atoms with Crippen molar-refractivity contribution in [3.8, 4) is 0 Å². The quantitative estimate of drug-likeness (QED) is 0.613. The maximum Gasteiger partial charge on any atom is 0.254 e. The maximum atomic E-state index is 13.2. The Morgan fingerprint density at radius 1 is 1.21 bits per heavy atom. The monoisotopic (exact) mass is 403 g/mol. The van der Waals surface area contributed by atoms with E-state index in [-0.39, 0.29) is 24.4 Å². The van der Waals surface area contributed by atoms with E-state index in [1.54, 1.807) is 16.9 Å². The van der Waals surface area contributed by atoms with Crippen LogP contribution in [0, 0.1) is 5.82 Å². The number of amides is 2. The van der Waals surface area contributed by atoms with Crippen LogP contribution in [-0.4, -0.2) is 59.0 Å². The first-order valence-corrected chi connectivity index (χ1v) is 9.80. The Hall–Kier alpha value is -2.67. The Balaban J connectivity index is 2.19. The molecule has 7 heteroatoms. The van der Waals surface area contributed by atoms with Gasteiger partial charge in [-0.3, -0.25) is 9.59 Å². The number of carbonyl (C=O) groups is 2. The number of hydrogen-bond donors (Lipinski definition) is 0. The normalized spacial score (nSPS) is 11.9. The van der Waals surface area contributed by atoms with Crippen molar-refractivity contribution in [2.75, 3.05) is 26.8 Å². The Morgan fingerprint density at radius 3 is 2.45 bits per heavy atom. The van der Waals surface area contributed by atoms with Crippen molar-refractivity contribution in [3.05, 3.63) is 59.7 Å². The lowest BCUT2D eigenvalue weighted by Crippen LogP contribution is -2.47. The van der Waals surface area contributed by atoms with Crippen LogP contribution in [0.5, 0.6) is 0 Å². The summed E-state index contributed by atoms with van der Waals surface area (Å²) in [5.41, 5.74) is 1.36. The molecule has 0 N–H and O–H groups in total. The average Bonchev–Trinajstić information content (AvgIpc) is 3.13. The van der Waals surface area contributed by atoms with Gasteiger partial charge in [-0.05, 0) is 49.7 Å². The van der Waals surface area contributed by atoms with E-state index in [1.165, 1.54) is 24.3 Å². The van der Waals surface area contributed by atoms with E-state index in [9.17, 15) is 14.0 Å². The lowest BCUT2D eigenvalue weighted by Gasteiger charge is -2.31. The molecule has 0 fully saturated rings. The second-order valence-corrected chi connectivity index (χ2v) is 7.12. The molecule has 1 atom stereocenters. The van der Waals surface area contributed by atoms with Gasteiger partial charge in [0.05, 0.1) is 13.2 Å². The maximum absolute atomic E-state index is 13.2. The molecule has 0 aliphatic heterocycles. The minimum Gasteiger partial charge on any atom is -0.383 e. The molecule has 29 heavy (non-hydrogen) atoms. The first-order valence-electron chi connectivity index (χ1n) is 9.80. The highest BCUT2D eigenvalue weighted by Crippen LogP contribution is 2.14. The fraction of sp³-hybridized carbons (Fsp3) is 0.455. The van der Waals surface area contributed by atoms with E-state index in [0.29, 0.717) is 31.7 Å². The number of halogens is 1. The number of ether oxygens (including phenoxy) is 1. The lowest BCUT2D eigenvalue weighted by molar-refractivity contribution is -0.133. The second kappa shape index (κ2) is 10.8. The summed E-state index contributed by atoms with van der Waals surface area (Å²) in [4.78, 5) is 29.4. The van der Waals surface area contributed by atoms with Gasteiger partial charge < -0.3 is 19.1 Å². The first-order chi connectivity index (χ1) is 13.9. The van der Waals surface area contributed by atoms with E-state index in [2.05, 4.69) is 0 Å². The minimum absolute atomic E-state index is 0.0423. The molecule has 158 valence electrons. The number of aryl methyl sites for hydroxylation is 1. The van der Waals surface area contributed by atoms with Gasteiger partial charge in [-0.2, -0.15) is 0 Å². The number of benzene rings is 1. The summed E-state index contributed by atoms with van der Waals surface area (Å²) in [5, 5.41) is 0. The molecule has 0 radical (unpaired) electrons. The molecule has 0 spiro atoms. The van der Waals surface area contributed by atoms with Gasteiger partial charge in [0.25, 0.3) is 5.91 Å². The Morgan fingerprint density at radius 2 is 1.90 bits per heavy atom. The Labute approximate surface area is 171 Å². The molecule has 2 rings (SSSR count).